The van der Waals surface area contributed by atoms with Crippen LogP contribution in [0.3, 0.4) is 0 Å². The number of nitrogens with one attached hydrogen (secondary N) is 1. The van der Waals surface area contributed by atoms with Crippen molar-refractivity contribution in [2.45, 2.75) is 53.1 Å². The van der Waals surface area contributed by atoms with E-state index < -0.39 is 11.7 Å². The van der Waals surface area contributed by atoms with Crippen LogP contribution >= 0.6 is 0 Å². The molecule has 1 saturated carbocycles. The van der Waals surface area contributed by atoms with Gasteiger partial charge in [-0.25, -0.2) is 0 Å². The molecule has 1 rings (SSSR count). The lowest BCUT2D eigenvalue weighted by Gasteiger charge is -2.07. The minimum absolute atomic E-state index is 0.212. The molecule has 0 atom stereocenters. The molecule has 100 valence electrons. The first kappa shape index (κ1) is 16.1. The molecule has 0 aromatic carbocycles. The van der Waals surface area contributed by atoms with Crippen molar-refractivity contribution in [3.63, 3.8) is 0 Å². The number of Topliss-reactive ketones (excluding diaryl/α,β-unsaturated/α-hetero) is 1. The van der Waals surface area contributed by atoms with E-state index in [0.29, 0.717) is 13.2 Å². The van der Waals surface area contributed by atoms with Gasteiger partial charge in [0.2, 0.25) is 5.78 Å². The van der Waals surface area contributed by atoms with Crippen molar-refractivity contribution in [2.75, 3.05) is 13.2 Å². The lowest BCUT2D eigenvalue weighted by atomic mass is 10.4. The van der Waals surface area contributed by atoms with Gasteiger partial charge in [-0.1, -0.05) is 19.8 Å². The van der Waals surface area contributed by atoms with Crippen molar-refractivity contribution in [2.24, 2.45) is 5.92 Å². The van der Waals surface area contributed by atoms with Crippen molar-refractivity contribution in [3.8, 4) is 0 Å². The third kappa shape index (κ3) is 13.0. The molecule has 0 spiro atoms. The molecule has 0 aromatic heterocycles. The molecule has 4 nitrogen and oxygen atoms in total. The highest BCUT2D eigenvalue weighted by Gasteiger charge is 2.12. The second-order valence-electron chi connectivity index (χ2n) is 4.77. The van der Waals surface area contributed by atoms with E-state index >= 15 is 0 Å². The molecule has 0 aliphatic heterocycles. The van der Waals surface area contributed by atoms with Crippen molar-refractivity contribution in [1.82, 2.24) is 5.32 Å². The minimum Gasteiger partial charge on any atom is -0.379 e. The number of carbonyl (C=O) groups is 2. The summed E-state index contributed by atoms with van der Waals surface area (Å²) >= 11 is 0. The van der Waals surface area contributed by atoms with Gasteiger partial charge in [-0.05, 0) is 26.2 Å². The van der Waals surface area contributed by atoms with Crippen molar-refractivity contribution in [3.05, 3.63) is 0 Å². The van der Waals surface area contributed by atoms with Crippen molar-refractivity contribution < 1.29 is 14.3 Å². The maximum Gasteiger partial charge on any atom is 0.287 e. The maximum atomic E-state index is 10.7. The summed E-state index contributed by atoms with van der Waals surface area (Å²) < 4.78 is 5.25. The standard InChI is InChI=1S/C9H17NO3.C4H8/c1-7(2)13-6-4-5-10-9(12)8(3)11;1-4-2-3-4/h7H,4-6H2,1-3H3,(H,10,12);4H,2-3H2,1H3. The zero-order valence-corrected chi connectivity index (χ0v) is 11.4. The fourth-order valence-corrected chi connectivity index (χ4v) is 0.884. The summed E-state index contributed by atoms with van der Waals surface area (Å²) in [5.74, 6) is 0.106. The molecule has 0 heterocycles. The summed E-state index contributed by atoms with van der Waals surface area (Å²) in [6.45, 7) is 8.53. The van der Waals surface area contributed by atoms with Crippen LogP contribution in [0.4, 0.5) is 0 Å². The number of hydrogen-bond acceptors (Lipinski definition) is 3. The summed E-state index contributed by atoms with van der Waals surface area (Å²) in [6, 6.07) is 0. The van der Waals surface area contributed by atoms with E-state index in [2.05, 4.69) is 12.2 Å². The summed E-state index contributed by atoms with van der Waals surface area (Å²) in [5.41, 5.74) is 0. The number of ether oxygens (including phenoxy) is 1. The Balaban J connectivity index is 0.000000529. The Morgan fingerprint density at radius 1 is 1.35 bits per heavy atom. The predicted molar refractivity (Wildman–Crippen MR) is 67.8 cm³/mol. The SMILES string of the molecule is CC(=O)C(=O)NCCCOC(C)C.CC1CC1. The molecule has 0 radical (unpaired) electrons. The van der Waals surface area contributed by atoms with E-state index in [0.717, 1.165) is 12.3 Å². The second-order valence-corrected chi connectivity index (χ2v) is 4.77. The minimum atomic E-state index is -0.524. The Morgan fingerprint density at radius 3 is 2.24 bits per heavy atom. The van der Waals surface area contributed by atoms with Gasteiger partial charge in [0, 0.05) is 20.1 Å². The summed E-state index contributed by atoms with van der Waals surface area (Å²) in [7, 11) is 0. The normalized spacial score (nSPS) is 13.9. The topological polar surface area (TPSA) is 55.4 Å². The number of ketones is 1. The Kier molecular flexibility index (Phi) is 8.68. The van der Waals surface area contributed by atoms with Gasteiger partial charge in [-0.3, -0.25) is 9.59 Å². The Labute approximate surface area is 104 Å². The Hall–Kier alpha value is -0.900. The maximum absolute atomic E-state index is 10.7. The highest BCUT2D eigenvalue weighted by atomic mass is 16.5. The molecule has 0 saturated heterocycles. The first-order valence-electron chi connectivity index (χ1n) is 6.33. The van der Waals surface area contributed by atoms with Gasteiger partial charge in [0.25, 0.3) is 5.91 Å². The molecule has 0 unspecified atom stereocenters. The third-order valence-corrected chi connectivity index (χ3v) is 2.24. The fourth-order valence-electron chi connectivity index (χ4n) is 0.884. The molecule has 1 fully saturated rings. The predicted octanol–water partition coefficient (Wildman–Crippen LogP) is 1.92. The van der Waals surface area contributed by atoms with Crippen LogP contribution in [0, 0.1) is 5.92 Å². The third-order valence-electron chi connectivity index (χ3n) is 2.24. The number of carbonyl (C=O) groups excluding carboxylic acids is 2. The summed E-state index contributed by atoms with van der Waals surface area (Å²) in [4.78, 5) is 21.2. The van der Waals surface area contributed by atoms with Crippen LogP contribution < -0.4 is 5.32 Å². The van der Waals surface area contributed by atoms with Crippen LogP contribution in [0.25, 0.3) is 0 Å². The van der Waals surface area contributed by atoms with Gasteiger partial charge >= 0.3 is 0 Å². The average molecular weight is 243 g/mol. The lowest BCUT2D eigenvalue weighted by Crippen LogP contribution is -2.30. The van der Waals surface area contributed by atoms with E-state index in [4.69, 9.17) is 4.74 Å². The summed E-state index contributed by atoms with van der Waals surface area (Å²) in [5, 5.41) is 2.49. The highest BCUT2D eigenvalue weighted by Crippen LogP contribution is 2.26. The van der Waals surface area contributed by atoms with Crippen LogP contribution in [0.5, 0.6) is 0 Å². The average Bonchev–Trinajstić information content (AvgIpc) is 3.00. The van der Waals surface area contributed by atoms with Crippen molar-refractivity contribution >= 4 is 11.7 Å². The van der Waals surface area contributed by atoms with E-state index in [1.165, 1.54) is 19.8 Å². The molecule has 0 aromatic rings. The van der Waals surface area contributed by atoms with Crippen LogP contribution in [0.1, 0.15) is 47.0 Å². The van der Waals surface area contributed by atoms with Gasteiger partial charge in [-0.2, -0.15) is 0 Å². The van der Waals surface area contributed by atoms with Crippen LogP contribution in [-0.4, -0.2) is 30.9 Å². The molecule has 1 aliphatic rings. The number of amides is 1. The quantitative estimate of drug-likeness (QED) is 0.573. The highest BCUT2D eigenvalue weighted by molar-refractivity contribution is 6.35. The van der Waals surface area contributed by atoms with Gasteiger partial charge in [0.05, 0.1) is 6.10 Å². The van der Waals surface area contributed by atoms with Gasteiger partial charge in [0.1, 0.15) is 0 Å². The molecule has 17 heavy (non-hydrogen) atoms. The van der Waals surface area contributed by atoms with Gasteiger partial charge in [-0.15, -0.1) is 0 Å². The van der Waals surface area contributed by atoms with E-state index in [9.17, 15) is 9.59 Å². The molecule has 1 amide bonds. The van der Waals surface area contributed by atoms with Crippen LogP contribution in [-0.2, 0) is 14.3 Å². The first-order chi connectivity index (χ1) is 7.93. The Morgan fingerprint density at radius 2 is 1.88 bits per heavy atom. The largest absolute Gasteiger partial charge is 0.379 e. The van der Waals surface area contributed by atoms with Gasteiger partial charge < -0.3 is 10.1 Å². The van der Waals surface area contributed by atoms with Crippen LogP contribution in [0.2, 0.25) is 0 Å². The van der Waals surface area contributed by atoms with E-state index in [1.807, 2.05) is 13.8 Å². The van der Waals surface area contributed by atoms with E-state index in [1.54, 1.807) is 0 Å². The Bertz CT molecular complexity index is 235. The second kappa shape index (κ2) is 9.16. The molecular weight excluding hydrogens is 218 g/mol. The summed E-state index contributed by atoms with van der Waals surface area (Å²) in [6.07, 6.45) is 3.92. The molecule has 1 aliphatic carbocycles. The lowest BCUT2D eigenvalue weighted by molar-refractivity contribution is -0.136. The van der Waals surface area contributed by atoms with Crippen LogP contribution in [0.15, 0.2) is 0 Å². The number of hydrogen-bond donors (Lipinski definition) is 1. The molecule has 4 heteroatoms. The van der Waals surface area contributed by atoms with Crippen molar-refractivity contribution in [1.29, 1.82) is 0 Å². The molecule has 0 bridgehead atoms. The van der Waals surface area contributed by atoms with Gasteiger partial charge in [0.15, 0.2) is 0 Å². The molecular formula is C13H25NO3. The smallest absolute Gasteiger partial charge is 0.287 e. The monoisotopic (exact) mass is 243 g/mol. The first-order valence-corrected chi connectivity index (χ1v) is 6.33. The zero-order chi connectivity index (χ0) is 13.3. The zero-order valence-electron chi connectivity index (χ0n) is 11.4. The number of rotatable bonds is 6. The fraction of sp³-hybridized carbons (Fsp3) is 0.846. The molecule has 1 N–H and O–H groups in total. The van der Waals surface area contributed by atoms with E-state index in [-0.39, 0.29) is 6.10 Å².